The van der Waals surface area contributed by atoms with Gasteiger partial charge in [0.2, 0.25) is 0 Å². The fraction of sp³-hybridized carbons (Fsp3) is 0.923. The van der Waals surface area contributed by atoms with E-state index < -0.39 is 0 Å². The quantitative estimate of drug-likeness (QED) is 0.630. The van der Waals surface area contributed by atoms with Gasteiger partial charge in [0.15, 0.2) is 0 Å². The first-order valence-corrected chi connectivity index (χ1v) is 7.74. The summed E-state index contributed by atoms with van der Waals surface area (Å²) in [6, 6.07) is 2.48. The molecule has 1 aliphatic heterocycles. The third kappa shape index (κ3) is 5.15. The van der Waals surface area contributed by atoms with Gasteiger partial charge in [0.1, 0.15) is 4.75 Å². The second-order valence-corrected chi connectivity index (χ2v) is 5.80. The molecule has 1 aliphatic rings. The van der Waals surface area contributed by atoms with Crippen LogP contribution in [0.2, 0.25) is 0 Å². The topological polar surface area (TPSA) is 45.5 Å². The highest BCUT2D eigenvalue weighted by Gasteiger charge is 2.33. The first-order valence-electron chi connectivity index (χ1n) is 6.52. The molecule has 1 heterocycles. The third-order valence-corrected chi connectivity index (χ3v) is 4.73. The summed E-state index contributed by atoms with van der Waals surface area (Å²) in [6.07, 6.45) is 5.06. The van der Waals surface area contributed by atoms with Gasteiger partial charge in [-0.25, -0.2) is 0 Å². The first kappa shape index (κ1) is 15.8. The molecule has 0 atom stereocenters. The number of rotatable bonds is 8. The molecule has 0 saturated carbocycles. The van der Waals surface area contributed by atoms with E-state index in [4.69, 9.17) is 9.47 Å². The Morgan fingerprint density at radius 1 is 1.28 bits per heavy atom. The van der Waals surface area contributed by atoms with Crippen molar-refractivity contribution >= 4 is 11.8 Å². The number of nitrogens with zero attached hydrogens (tertiary/aromatic N) is 2. The molecule has 1 saturated heterocycles. The van der Waals surface area contributed by atoms with E-state index in [-0.39, 0.29) is 4.75 Å². The molecule has 5 heteroatoms. The second-order valence-electron chi connectivity index (χ2n) is 4.61. The number of hydrogen-bond donors (Lipinski definition) is 0. The molecule has 0 amide bonds. The molecule has 4 nitrogen and oxygen atoms in total. The Labute approximate surface area is 115 Å². The normalized spacial score (nSPS) is 19.6. The highest BCUT2D eigenvalue weighted by molar-refractivity contribution is 8.00. The summed E-state index contributed by atoms with van der Waals surface area (Å²) in [4.78, 5) is 2.44. The van der Waals surface area contributed by atoms with Gasteiger partial charge >= 0.3 is 0 Å². The van der Waals surface area contributed by atoms with Gasteiger partial charge in [-0.3, -0.25) is 0 Å². The average molecular weight is 272 g/mol. The highest BCUT2D eigenvalue weighted by Crippen LogP contribution is 2.33. The molecule has 0 spiro atoms. The van der Waals surface area contributed by atoms with Crippen molar-refractivity contribution < 1.29 is 9.47 Å². The van der Waals surface area contributed by atoms with Crippen molar-refractivity contribution in [3.8, 4) is 6.07 Å². The van der Waals surface area contributed by atoms with Crippen LogP contribution >= 0.6 is 11.8 Å². The minimum Gasteiger partial charge on any atom is -0.382 e. The lowest BCUT2D eigenvalue weighted by Gasteiger charge is -2.36. The van der Waals surface area contributed by atoms with Crippen LogP contribution in [0.25, 0.3) is 0 Å². The van der Waals surface area contributed by atoms with Crippen LogP contribution in [-0.2, 0) is 9.47 Å². The molecular formula is C13H24N2O2S. The molecule has 0 radical (unpaired) electrons. The number of ether oxygens (including phenoxy) is 2. The molecule has 0 N–H and O–H groups in total. The minimum absolute atomic E-state index is 0.133. The molecular weight excluding hydrogens is 248 g/mol. The molecule has 0 aromatic carbocycles. The van der Waals surface area contributed by atoms with E-state index >= 15 is 0 Å². The summed E-state index contributed by atoms with van der Waals surface area (Å²) in [5.41, 5.74) is 0. The van der Waals surface area contributed by atoms with Gasteiger partial charge < -0.3 is 14.4 Å². The number of hydrogen-bond acceptors (Lipinski definition) is 5. The van der Waals surface area contributed by atoms with E-state index in [2.05, 4.69) is 11.0 Å². The summed E-state index contributed by atoms with van der Waals surface area (Å²) in [5, 5.41) is 9.20. The van der Waals surface area contributed by atoms with E-state index in [9.17, 15) is 5.26 Å². The maximum atomic E-state index is 9.20. The first-order chi connectivity index (χ1) is 8.76. The third-order valence-electron chi connectivity index (χ3n) is 3.45. The molecule has 0 aliphatic carbocycles. The van der Waals surface area contributed by atoms with E-state index in [0.717, 1.165) is 45.5 Å². The van der Waals surface area contributed by atoms with Crippen LogP contribution in [0.15, 0.2) is 0 Å². The lowest BCUT2D eigenvalue weighted by molar-refractivity contribution is 0.0640. The molecule has 1 fully saturated rings. The molecule has 104 valence electrons. The van der Waals surface area contributed by atoms with Crippen molar-refractivity contribution in [2.45, 2.75) is 24.0 Å². The van der Waals surface area contributed by atoms with Crippen LogP contribution in [0.1, 0.15) is 19.3 Å². The summed E-state index contributed by atoms with van der Waals surface area (Å²) < 4.78 is 10.2. The Morgan fingerprint density at radius 2 is 2.00 bits per heavy atom. The van der Waals surface area contributed by atoms with E-state index in [0.29, 0.717) is 13.2 Å². The summed E-state index contributed by atoms with van der Waals surface area (Å²) in [7, 11) is 1.68. The zero-order valence-corrected chi connectivity index (χ0v) is 12.3. The monoisotopic (exact) mass is 272 g/mol. The average Bonchev–Trinajstić information content (AvgIpc) is 2.43. The van der Waals surface area contributed by atoms with Gasteiger partial charge in [0, 0.05) is 33.4 Å². The van der Waals surface area contributed by atoms with Crippen molar-refractivity contribution in [3.63, 3.8) is 0 Å². The minimum atomic E-state index is -0.133. The maximum absolute atomic E-state index is 9.20. The Balaban J connectivity index is 2.07. The summed E-state index contributed by atoms with van der Waals surface area (Å²) in [6.45, 7) is 5.29. The van der Waals surface area contributed by atoms with Gasteiger partial charge in [0.25, 0.3) is 0 Å². The van der Waals surface area contributed by atoms with Crippen LogP contribution < -0.4 is 0 Å². The number of methoxy groups -OCH3 is 1. The van der Waals surface area contributed by atoms with Crippen LogP contribution in [0.3, 0.4) is 0 Å². The van der Waals surface area contributed by atoms with Gasteiger partial charge in [-0.05, 0) is 25.5 Å². The summed E-state index contributed by atoms with van der Waals surface area (Å²) >= 11 is 1.71. The zero-order chi connectivity index (χ0) is 13.3. The number of piperidine rings is 1. The molecule has 0 aromatic heterocycles. The predicted octanol–water partition coefficient (Wildman–Crippen LogP) is 1.76. The second kappa shape index (κ2) is 8.76. The zero-order valence-electron chi connectivity index (χ0n) is 11.5. The standard InChI is InChI=1S/C13H24N2O2S/c1-16-10-11-17-9-3-6-15-7-4-13(12-14,18-2)5-8-15/h3-11H2,1-2H3. The van der Waals surface area contributed by atoms with E-state index in [1.54, 1.807) is 18.9 Å². The van der Waals surface area contributed by atoms with Crippen LogP contribution in [0.4, 0.5) is 0 Å². The molecule has 1 rings (SSSR count). The Morgan fingerprint density at radius 3 is 2.56 bits per heavy atom. The van der Waals surface area contributed by atoms with Gasteiger partial charge in [-0.1, -0.05) is 0 Å². The van der Waals surface area contributed by atoms with E-state index in [1.807, 2.05) is 6.26 Å². The smallest absolute Gasteiger partial charge is 0.104 e. The highest BCUT2D eigenvalue weighted by atomic mass is 32.2. The largest absolute Gasteiger partial charge is 0.382 e. The summed E-state index contributed by atoms with van der Waals surface area (Å²) in [5.74, 6) is 0. The lowest BCUT2D eigenvalue weighted by Crippen LogP contribution is -2.42. The van der Waals surface area contributed by atoms with Gasteiger partial charge in [-0.2, -0.15) is 5.26 Å². The van der Waals surface area contributed by atoms with Crippen molar-refractivity contribution in [1.29, 1.82) is 5.26 Å². The lowest BCUT2D eigenvalue weighted by atomic mass is 9.97. The van der Waals surface area contributed by atoms with Crippen LogP contribution in [-0.4, -0.2) is 62.5 Å². The predicted molar refractivity (Wildman–Crippen MR) is 74.8 cm³/mol. The molecule has 0 unspecified atom stereocenters. The SMILES string of the molecule is COCCOCCCN1CCC(C#N)(SC)CC1. The fourth-order valence-corrected chi connectivity index (χ4v) is 2.82. The molecule has 0 bridgehead atoms. The number of likely N-dealkylation sites (tertiary alicyclic amines) is 1. The Bertz CT molecular complexity index is 260. The van der Waals surface area contributed by atoms with Crippen molar-refractivity contribution in [2.75, 3.05) is 52.8 Å². The molecule has 18 heavy (non-hydrogen) atoms. The van der Waals surface area contributed by atoms with Crippen LogP contribution in [0.5, 0.6) is 0 Å². The number of nitriles is 1. The fourth-order valence-electron chi connectivity index (χ4n) is 2.13. The van der Waals surface area contributed by atoms with Crippen molar-refractivity contribution in [3.05, 3.63) is 0 Å². The number of thioether (sulfide) groups is 1. The van der Waals surface area contributed by atoms with Crippen molar-refractivity contribution in [1.82, 2.24) is 4.90 Å². The van der Waals surface area contributed by atoms with E-state index in [1.165, 1.54) is 0 Å². The Kier molecular flexibility index (Phi) is 7.68. The van der Waals surface area contributed by atoms with Crippen LogP contribution in [0, 0.1) is 11.3 Å². The van der Waals surface area contributed by atoms with Crippen molar-refractivity contribution in [2.24, 2.45) is 0 Å². The Hall–Kier alpha value is -0.280. The molecule has 0 aromatic rings. The maximum Gasteiger partial charge on any atom is 0.104 e. The van der Waals surface area contributed by atoms with Gasteiger partial charge in [0.05, 0.1) is 19.3 Å². The van der Waals surface area contributed by atoms with Gasteiger partial charge in [-0.15, -0.1) is 11.8 Å².